The van der Waals surface area contributed by atoms with E-state index < -0.39 is 0 Å². The topological polar surface area (TPSA) is 71.1 Å². The van der Waals surface area contributed by atoms with Crippen LogP contribution in [0.4, 0.5) is 0 Å². The number of aromatic nitrogens is 1. The molecule has 3 N–H and O–H groups in total. The van der Waals surface area contributed by atoms with Crippen LogP contribution in [0.3, 0.4) is 0 Å². The zero-order chi connectivity index (χ0) is 6.24. The molecule has 1 rings (SSSR count). The molecule has 0 saturated carbocycles. The van der Waals surface area contributed by atoms with E-state index in [0.717, 1.165) is 0 Å². The van der Waals surface area contributed by atoms with Crippen molar-refractivity contribution in [2.24, 2.45) is 0 Å². The van der Waals surface area contributed by atoms with Crippen LogP contribution in [0, 0.1) is 11.3 Å². The van der Waals surface area contributed by atoms with Crippen molar-refractivity contribution in [1.29, 1.82) is 5.26 Å². The van der Waals surface area contributed by atoms with Crippen molar-refractivity contribution in [3.05, 3.63) is 24.5 Å². The summed E-state index contributed by atoms with van der Waals surface area (Å²) in [5.41, 5.74) is 0. The number of aromatic amines is 1. The summed E-state index contributed by atoms with van der Waals surface area (Å²) in [7, 11) is 0. The van der Waals surface area contributed by atoms with E-state index in [1.807, 2.05) is 24.5 Å². The largest absolute Gasteiger partial charge is 0.412 e. The first-order chi connectivity index (χ1) is 3.91. The van der Waals surface area contributed by atoms with Crippen LogP contribution in [0.2, 0.25) is 0 Å². The molecular formula is C6H10N2O. The Kier molecular flexibility index (Phi) is 11.7. The minimum atomic E-state index is 0. The zero-order valence-corrected chi connectivity index (χ0v) is 5.26. The van der Waals surface area contributed by atoms with E-state index >= 15 is 0 Å². The van der Waals surface area contributed by atoms with Gasteiger partial charge < -0.3 is 10.5 Å². The van der Waals surface area contributed by atoms with Gasteiger partial charge in [0.25, 0.3) is 0 Å². The molecule has 0 radical (unpaired) electrons. The Balaban J connectivity index is 0. The van der Waals surface area contributed by atoms with Gasteiger partial charge in [-0.25, -0.2) is 0 Å². The predicted octanol–water partition coefficient (Wildman–Crippen LogP) is 0.720. The van der Waals surface area contributed by atoms with Gasteiger partial charge in [0.1, 0.15) is 0 Å². The third kappa shape index (κ3) is 10.8. The van der Waals surface area contributed by atoms with Gasteiger partial charge in [0, 0.05) is 19.3 Å². The fraction of sp³-hybridized carbons (Fsp3) is 0.167. The van der Waals surface area contributed by atoms with Crippen LogP contribution in [0.5, 0.6) is 0 Å². The van der Waals surface area contributed by atoms with Crippen molar-refractivity contribution in [2.75, 3.05) is 0 Å². The highest BCUT2D eigenvalue weighted by Gasteiger charge is 1.55. The average molecular weight is 126 g/mol. The maximum absolute atomic E-state index is 7.32. The van der Waals surface area contributed by atoms with Gasteiger partial charge in [0.2, 0.25) is 0 Å². The number of hydrogen-bond donors (Lipinski definition) is 1. The lowest BCUT2D eigenvalue weighted by atomic mass is 10.7. The molecule has 9 heavy (non-hydrogen) atoms. The lowest BCUT2D eigenvalue weighted by Crippen LogP contribution is -1.38. The van der Waals surface area contributed by atoms with Crippen molar-refractivity contribution in [2.45, 2.75) is 6.92 Å². The summed E-state index contributed by atoms with van der Waals surface area (Å²) in [6.45, 7) is 1.43. The molecule has 0 fully saturated rings. The number of hydrogen-bond acceptors (Lipinski definition) is 1. The van der Waals surface area contributed by atoms with Gasteiger partial charge >= 0.3 is 0 Å². The molecule has 0 aliphatic heterocycles. The molecule has 0 spiro atoms. The highest BCUT2D eigenvalue weighted by Crippen LogP contribution is 1.72. The van der Waals surface area contributed by atoms with Gasteiger partial charge in [0.05, 0.1) is 6.07 Å². The quantitative estimate of drug-likeness (QED) is 0.546. The van der Waals surface area contributed by atoms with Crippen molar-refractivity contribution in [3.8, 4) is 6.07 Å². The second kappa shape index (κ2) is 9.88. The fourth-order valence-corrected chi connectivity index (χ4v) is 0.278. The summed E-state index contributed by atoms with van der Waals surface area (Å²) in [5, 5.41) is 7.32. The first-order valence-electron chi connectivity index (χ1n) is 2.30. The number of nitrogens with zero attached hydrogens (tertiary/aromatic N) is 1. The van der Waals surface area contributed by atoms with Gasteiger partial charge in [-0.1, -0.05) is 0 Å². The molecule has 3 nitrogen and oxygen atoms in total. The molecule has 0 aliphatic carbocycles. The predicted molar refractivity (Wildman–Crippen MR) is 35.7 cm³/mol. The van der Waals surface area contributed by atoms with Crippen LogP contribution < -0.4 is 0 Å². The monoisotopic (exact) mass is 126 g/mol. The second-order valence-electron chi connectivity index (χ2n) is 1.11. The Labute approximate surface area is 54.2 Å². The third-order valence-corrected chi connectivity index (χ3v) is 0.496. The summed E-state index contributed by atoms with van der Waals surface area (Å²) in [6, 6.07) is 5.64. The van der Waals surface area contributed by atoms with Gasteiger partial charge in [-0.2, -0.15) is 5.26 Å². The van der Waals surface area contributed by atoms with Crippen LogP contribution in [-0.4, -0.2) is 10.5 Å². The Morgan fingerprint density at radius 2 is 1.67 bits per heavy atom. The van der Waals surface area contributed by atoms with Gasteiger partial charge in [0.15, 0.2) is 0 Å². The second-order valence-corrected chi connectivity index (χ2v) is 1.11. The standard InChI is InChI=1S/C4H5N.C2H3N.H2O/c1-2-4-5-3-1;1-2-3;/h1-5H;1H3;1H2. The molecule has 0 saturated heterocycles. The molecule has 0 aromatic carbocycles. The van der Waals surface area contributed by atoms with Gasteiger partial charge in [-0.15, -0.1) is 0 Å². The number of nitrogens with one attached hydrogen (secondary N) is 1. The van der Waals surface area contributed by atoms with Crippen LogP contribution in [0.25, 0.3) is 0 Å². The molecule has 3 heteroatoms. The van der Waals surface area contributed by atoms with Crippen LogP contribution >= 0.6 is 0 Å². The molecule has 1 aromatic heterocycles. The average Bonchev–Trinajstić information content (AvgIpc) is 2.17. The smallest absolute Gasteiger partial charge is 0.0587 e. The summed E-state index contributed by atoms with van der Waals surface area (Å²) < 4.78 is 0. The van der Waals surface area contributed by atoms with Gasteiger partial charge in [-0.3, -0.25) is 0 Å². The lowest BCUT2D eigenvalue weighted by Gasteiger charge is -1.49. The maximum Gasteiger partial charge on any atom is 0.0587 e. The van der Waals surface area contributed by atoms with Crippen LogP contribution in [0.1, 0.15) is 6.92 Å². The van der Waals surface area contributed by atoms with Crippen LogP contribution in [-0.2, 0) is 0 Å². The SMILES string of the molecule is CC#N.O.c1cc[nH]c1. The lowest BCUT2D eigenvalue weighted by molar-refractivity contribution is 0.824. The zero-order valence-electron chi connectivity index (χ0n) is 5.26. The third-order valence-electron chi connectivity index (χ3n) is 0.496. The van der Waals surface area contributed by atoms with Crippen molar-refractivity contribution >= 4 is 0 Å². The van der Waals surface area contributed by atoms with E-state index in [9.17, 15) is 0 Å². The maximum atomic E-state index is 7.32. The molecule has 1 heterocycles. The molecule has 0 aliphatic rings. The Hall–Kier alpha value is -1.27. The molecular weight excluding hydrogens is 116 g/mol. The molecule has 0 bridgehead atoms. The van der Waals surface area contributed by atoms with Crippen molar-refractivity contribution in [3.63, 3.8) is 0 Å². The van der Waals surface area contributed by atoms with E-state index in [2.05, 4.69) is 4.98 Å². The normalized spacial score (nSPS) is 5.33. The van der Waals surface area contributed by atoms with Crippen molar-refractivity contribution in [1.82, 2.24) is 4.98 Å². The Morgan fingerprint density at radius 1 is 1.33 bits per heavy atom. The van der Waals surface area contributed by atoms with Crippen LogP contribution in [0.15, 0.2) is 24.5 Å². The minimum Gasteiger partial charge on any atom is -0.412 e. The highest BCUT2D eigenvalue weighted by atomic mass is 16.0. The van der Waals surface area contributed by atoms with E-state index in [0.29, 0.717) is 0 Å². The minimum absolute atomic E-state index is 0. The molecule has 0 amide bonds. The molecule has 1 aromatic rings. The Morgan fingerprint density at radius 3 is 1.78 bits per heavy atom. The summed E-state index contributed by atoms with van der Waals surface area (Å²) in [5.74, 6) is 0. The summed E-state index contributed by atoms with van der Waals surface area (Å²) in [4.78, 5) is 2.86. The number of nitriles is 1. The Bertz CT molecular complexity index is 123. The number of rotatable bonds is 0. The van der Waals surface area contributed by atoms with E-state index in [4.69, 9.17) is 5.26 Å². The molecule has 50 valence electrons. The first-order valence-corrected chi connectivity index (χ1v) is 2.30. The van der Waals surface area contributed by atoms with Crippen molar-refractivity contribution < 1.29 is 5.48 Å². The molecule has 0 unspecified atom stereocenters. The van der Waals surface area contributed by atoms with E-state index in [1.54, 1.807) is 6.07 Å². The van der Waals surface area contributed by atoms with E-state index in [-0.39, 0.29) is 5.48 Å². The number of H-pyrrole nitrogens is 1. The highest BCUT2D eigenvalue weighted by molar-refractivity contribution is 4.84. The fourth-order valence-electron chi connectivity index (χ4n) is 0.278. The summed E-state index contributed by atoms with van der Waals surface area (Å²) in [6.07, 6.45) is 3.75. The first kappa shape index (κ1) is 10.7. The van der Waals surface area contributed by atoms with Gasteiger partial charge in [-0.05, 0) is 12.1 Å². The van der Waals surface area contributed by atoms with E-state index in [1.165, 1.54) is 6.92 Å². The summed E-state index contributed by atoms with van der Waals surface area (Å²) >= 11 is 0. The molecule has 0 atom stereocenters.